The van der Waals surface area contributed by atoms with Gasteiger partial charge in [-0.15, -0.1) is 24.8 Å². The van der Waals surface area contributed by atoms with Crippen LogP contribution in [-0.2, 0) is 10.6 Å². The molecule has 9 heteroatoms. The van der Waals surface area contributed by atoms with Gasteiger partial charge < -0.3 is 14.2 Å². The Kier molecular flexibility index (Phi) is 4.82. The lowest BCUT2D eigenvalue weighted by Gasteiger charge is -2.16. The molecule has 0 aliphatic rings. The van der Waals surface area contributed by atoms with E-state index in [0.717, 1.165) is 20.4 Å². The van der Waals surface area contributed by atoms with Crippen molar-refractivity contribution in [2.75, 3.05) is 14.2 Å². The average Bonchev–Trinajstić information content (AvgIpc) is 2.35. The highest BCUT2D eigenvalue weighted by atomic mass is 35.5. The van der Waals surface area contributed by atoms with Crippen molar-refractivity contribution in [2.24, 2.45) is 0 Å². The molecule has 1 aromatic heterocycles. The van der Waals surface area contributed by atoms with Crippen LogP contribution in [0, 0.1) is 0 Å². The highest BCUT2D eigenvalue weighted by molar-refractivity contribution is 6.17. The van der Waals surface area contributed by atoms with Crippen molar-refractivity contribution in [1.82, 2.24) is 4.98 Å². The topological polar surface area (TPSA) is 57.7 Å². The predicted octanol–water partition coefficient (Wildman–Crippen LogP) is 2.51. The fourth-order valence-electron chi connectivity index (χ4n) is 1.29. The summed E-state index contributed by atoms with van der Waals surface area (Å²) in [6.07, 6.45) is -4.12. The summed E-state index contributed by atoms with van der Waals surface area (Å²) >= 11 is 5.52. The second-order valence-electron chi connectivity index (χ2n) is 3.15. The van der Waals surface area contributed by atoms with Gasteiger partial charge in [-0.2, -0.15) is 0 Å². The van der Waals surface area contributed by atoms with E-state index >= 15 is 0 Å². The third kappa shape index (κ3) is 3.63. The number of rotatable bonds is 4. The molecule has 0 atom stereocenters. The Morgan fingerprint density at radius 3 is 2.42 bits per heavy atom. The number of hydrogen-bond acceptors (Lipinski definition) is 5. The van der Waals surface area contributed by atoms with E-state index in [1.807, 2.05) is 0 Å². The van der Waals surface area contributed by atoms with E-state index < -0.39 is 23.6 Å². The number of nitrogens with zero attached hydrogens (tertiary/aromatic N) is 1. The first kappa shape index (κ1) is 15.4. The highest BCUT2D eigenvalue weighted by Gasteiger charge is 2.36. The van der Waals surface area contributed by atoms with E-state index in [1.165, 1.54) is 0 Å². The van der Waals surface area contributed by atoms with Crippen LogP contribution in [0.2, 0.25) is 0 Å². The van der Waals surface area contributed by atoms with Crippen LogP contribution in [0.15, 0.2) is 6.20 Å². The van der Waals surface area contributed by atoms with Gasteiger partial charge in [-0.1, -0.05) is 0 Å². The van der Waals surface area contributed by atoms with E-state index in [9.17, 15) is 18.0 Å². The molecule has 0 fully saturated rings. The summed E-state index contributed by atoms with van der Waals surface area (Å²) in [6.45, 7) is 0. The predicted molar refractivity (Wildman–Crippen MR) is 58.4 cm³/mol. The molecule has 0 bridgehead atoms. The molecule has 0 unspecified atom stereocenters. The number of carbonyl (C=O) groups is 1. The van der Waals surface area contributed by atoms with Gasteiger partial charge in [-0.3, -0.25) is 4.98 Å². The molecule has 1 aromatic rings. The number of aromatic nitrogens is 1. The molecule has 19 heavy (non-hydrogen) atoms. The number of methoxy groups -OCH3 is 2. The van der Waals surface area contributed by atoms with Crippen LogP contribution in [-0.4, -0.2) is 31.5 Å². The van der Waals surface area contributed by atoms with Crippen LogP contribution in [0.25, 0.3) is 0 Å². The summed E-state index contributed by atoms with van der Waals surface area (Å²) < 4.78 is 50.0. The molecule has 0 N–H and O–H groups in total. The maximum atomic E-state index is 12.4. The standard InChI is InChI=1S/C10H9ClF3NO4/c1-17-8-6(3-11)15-4-5(9(16)18-2)7(8)19-10(12,13)14/h4H,3H2,1-2H3. The third-order valence-electron chi connectivity index (χ3n) is 2.02. The Labute approximate surface area is 111 Å². The molecule has 0 radical (unpaired) electrons. The van der Waals surface area contributed by atoms with Crippen molar-refractivity contribution in [2.45, 2.75) is 12.2 Å². The minimum absolute atomic E-state index is 0.0102. The Morgan fingerprint density at radius 1 is 1.37 bits per heavy atom. The Bertz CT molecular complexity index is 479. The van der Waals surface area contributed by atoms with Crippen molar-refractivity contribution >= 4 is 17.6 Å². The zero-order chi connectivity index (χ0) is 14.6. The molecule has 0 aromatic carbocycles. The van der Waals surface area contributed by atoms with Crippen LogP contribution in [0.1, 0.15) is 16.1 Å². The monoisotopic (exact) mass is 299 g/mol. The fraction of sp³-hybridized carbons (Fsp3) is 0.400. The highest BCUT2D eigenvalue weighted by Crippen LogP contribution is 2.38. The first-order valence-corrected chi connectivity index (χ1v) is 5.33. The smallest absolute Gasteiger partial charge is 0.491 e. The first-order valence-electron chi connectivity index (χ1n) is 4.80. The Balaban J connectivity index is 3.44. The molecule has 0 saturated carbocycles. The quantitative estimate of drug-likeness (QED) is 0.631. The van der Waals surface area contributed by atoms with Gasteiger partial charge in [0.05, 0.1) is 20.1 Å². The van der Waals surface area contributed by atoms with E-state index in [0.29, 0.717) is 0 Å². The average molecular weight is 300 g/mol. The maximum Gasteiger partial charge on any atom is 0.573 e. The SMILES string of the molecule is COC(=O)c1cnc(CCl)c(OC)c1OC(F)(F)F. The maximum absolute atomic E-state index is 12.4. The molecule has 1 rings (SSSR count). The van der Waals surface area contributed by atoms with Gasteiger partial charge in [-0.25, -0.2) is 4.79 Å². The summed E-state index contributed by atoms with van der Waals surface area (Å²) in [5, 5.41) is 0. The van der Waals surface area contributed by atoms with Crippen molar-refractivity contribution < 1.29 is 32.2 Å². The number of hydrogen-bond donors (Lipinski definition) is 0. The van der Waals surface area contributed by atoms with Crippen LogP contribution in [0.3, 0.4) is 0 Å². The van der Waals surface area contributed by atoms with E-state index in [2.05, 4.69) is 14.5 Å². The summed E-state index contributed by atoms with van der Waals surface area (Å²) in [5.41, 5.74) is -0.499. The van der Waals surface area contributed by atoms with Crippen LogP contribution in [0.5, 0.6) is 11.5 Å². The summed E-state index contributed by atoms with van der Waals surface area (Å²) in [5.74, 6) is -2.44. The second-order valence-corrected chi connectivity index (χ2v) is 3.42. The number of ether oxygens (including phenoxy) is 3. The number of pyridine rings is 1. The molecular formula is C10H9ClF3NO4. The van der Waals surface area contributed by atoms with E-state index in [1.54, 1.807) is 0 Å². The van der Waals surface area contributed by atoms with Gasteiger partial charge in [0.1, 0.15) is 11.3 Å². The summed E-state index contributed by atoms with van der Waals surface area (Å²) in [4.78, 5) is 15.1. The van der Waals surface area contributed by atoms with Gasteiger partial charge in [0.25, 0.3) is 0 Å². The molecule has 0 aliphatic heterocycles. The third-order valence-corrected chi connectivity index (χ3v) is 2.27. The van der Waals surface area contributed by atoms with Crippen molar-refractivity contribution in [3.63, 3.8) is 0 Å². The molecule has 106 valence electrons. The molecule has 5 nitrogen and oxygen atoms in total. The number of esters is 1. The van der Waals surface area contributed by atoms with Crippen LogP contribution < -0.4 is 9.47 Å². The molecule has 0 saturated heterocycles. The van der Waals surface area contributed by atoms with E-state index in [-0.39, 0.29) is 17.3 Å². The van der Waals surface area contributed by atoms with Crippen LogP contribution >= 0.6 is 11.6 Å². The number of halogens is 4. The van der Waals surface area contributed by atoms with Gasteiger partial charge in [0, 0.05) is 6.20 Å². The van der Waals surface area contributed by atoms with Crippen molar-refractivity contribution in [3.05, 3.63) is 17.5 Å². The minimum atomic E-state index is -5.00. The number of carbonyl (C=O) groups excluding carboxylic acids is 1. The summed E-state index contributed by atoms with van der Waals surface area (Å²) in [7, 11) is 2.12. The second kappa shape index (κ2) is 5.96. The lowest BCUT2D eigenvalue weighted by Crippen LogP contribution is -2.20. The first-order chi connectivity index (χ1) is 8.84. The number of alkyl halides is 4. The van der Waals surface area contributed by atoms with Gasteiger partial charge in [0.15, 0.2) is 11.5 Å². The largest absolute Gasteiger partial charge is 0.573 e. The van der Waals surface area contributed by atoms with E-state index in [4.69, 9.17) is 16.3 Å². The zero-order valence-electron chi connectivity index (χ0n) is 9.88. The minimum Gasteiger partial charge on any atom is -0.491 e. The molecule has 1 heterocycles. The Hall–Kier alpha value is -1.70. The lowest BCUT2D eigenvalue weighted by molar-refractivity contribution is -0.275. The lowest BCUT2D eigenvalue weighted by atomic mass is 10.2. The molecule has 0 amide bonds. The Morgan fingerprint density at radius 2 is 2.00 bits per heavy atom. The molecule has 0 aliphatic carbocycles. The fourth-order valence-corrected chi connectivity index (χ4v) is 1.48. The summed E-state index contributed by atoms with van der Waals surface area (Å²) in [6, 6.07) is 0. The molecular weight excluding hydrogens is 291 g/mol. The van der Waals surface area contributed by atoms with Gasteiger partial charge in [0.2, 0.25) is 0 Å². The van der Waals surface area contributed by atoms with Crippen molar-refractivity contribution in [1.29, 1.82) is 0 Å². The van der Waals surface area contributed by atoms with Gasteiger partial charge >= 0.3 is 12.3 Å². The van der Waals surface area contributed by atoms with Crippen molar-refractivity contribution in [3.8, 4) is 11.5 Å². The van der Waals surface area contributed by atoms with Gasteiger partial charge in [-0.05, 0) is 0 Å². The normalized spacial score (nSPS) is 11.1. The molecule has 0 spiro atoms. The van der Waals surface area contributed by atoms with Crippen LogP contribution in [0.4, 0.5) is 13.2 Å². The zero-order valence-corrected chi connectivity index (χ0v) is 10.6.